The van der Waals surface area contributed by atoms with Gasteiger partial charge >= 0.3 is 0 Å². The van der Waals surface area contributed by atoms with E-state index < -0.39 is 0 Å². The van der Waals surface area contributed by atoms with Gasteiger partial charge in [0.1, 0.15) is 0 Å². The van der Waals surface area contributed by atoms with Crippen LogP contribution in [0.1, 0.15) is 20.8 Å². The normalized spacial score (nSPS) is 14.4. The van der Waals surface area contributed by atoms with Gasteiger partial charge in [0.25, 0.3) is 5.91 Å². The van der Waals surface area contributed by atoms with Gasteiger partial charge < -0.3 is 15.5 Å². The van der Waals surface area contributed by atoms with Crippen molar-refractivity contribution in [3.8, 4) is 0 Å². The Morgan fingerprint density at radius 1 is 1.20 bits per heavy atom. The maximum Gasteiger partial charge on any atom is 0.264 e. The molecule has 0 spiro atoms. The highest BCUT2D eigenvalue weighted by Crippen LogP contribution is 2.32. The first-order valence-electron chi connectivity index (χ1n) is 10.2. The first-order valence-corrected chi connectivity index (χ1v) is 11.0. The average Bonchev–Trinajstić information content (AvgIpc) is 3.23. The third-order valence-electron chi connectivity index (χ3n) is 5.40. The van der Waals surface area contributed by atoms with E-state index in [4.69, 9.17) is 4.98 Å². The van der Waals surface area contributed by atoms with Gasteiger partial charge in [-0.05, 0) is 30.7 Å². The van der Waals surface area contributed by atoms with Crippen LogP contribution in [-0.2, 0) is 6.54 Å². The number of anilines is 1. The van der Waals surface area contributed by atoms with Gasteiger partial charge in [0.05, 0.1) is 10.4 Å². The summed E-state index contributed by atoms with van der Waals surface area (Å²) < 4.78 is 1.07. The fraction of sp³-hybridized carbons (Fsp3) is 0.261. The second-order valence-electron chi connectivity index (χ2n) is 7.60. The number of piperazine rings is 1. The van der Waals surface area contributed by atoms with Crippen molar-refractivity contribution in [2.24, 2.45) is 0 Å². The van der Waals surface area contributed by atoms with Crippen molar-refractivity contribution in [3.05, 3.63) is 64.7 Å². The predicted molar refractivity (Wildman–Crippen MR) is 122 cm³/mol. The van der Waals surface area contributed by atoms with Gasteiger partial charge in [-0.2, -0.15) is 0 Å². The Morgan fingerprint density at radius 2 is 2.07 bits per heavy atom. The molecule has 0 saturated carbocycles. The van der Waals surface area contributed by atoms with Gasteiger partial charge in [-0.15, -0.1) is 11.3 Å². The zero-order chi connectivity index (χ0) is 20.5. The number of amides is 1. The van der Waals surface area contributed by atoms with E-state index in [0.29, 0.717) is 12.5 Å². The highest BCUT2D eigenvalue weighted by atomic mass is 32.1. The summed E-state index contributed by atoms with van der Waals surface area (Å²) in [7, 11) is 0. The van der Waals surface area contributed by atoms with E-state index in [2.05, 4.69) is 52.9 Å². The SMILES string of the molecule is Cc1cccc(CNc2ncc3ccc4sc(C(=O)N5CCNCC5)cc4c3n2)c1. The number of thiophene rings is 1. The van der Waals surface area contributed by atoms with Gasteiger partial charge in [-0.3, -0.25) is 4.79 Å². The molecule has 1 fully saturated rings. The van der Waals surface area contributed by atoms with Crippen molar-refractivity contribution >= 4 is 44.2 Å². The van der Waals surface area contributed by atoms with Crippen LogP contribution in [0, 0.1) is 6.92 Å². The lowest BCUT2D eigenvalue weighted by atomic mass is 10.1. The van der Waals surface area contributed by atoms with Gasteiger partial charge in [-0.1, -0.05) is 29.8 Å². The van der Waals surface area contributed by atoms with Crippen LogP contribution in [-0.4, -0.2) is 47.0 Å². The molecule has 2 aromatic carbocycles. The lowest BCUT2D eigenvalue weighted by Crippen LogP contribution is -2.46. The summed E-state index contributed by atoms with van der Waals surface area (Å²) in [6.45, 7) is 5.96. The number of aromatic nitrogens is 2. The molecule has 0 radical (unpaired) electrons. The summed E-state index contributed by atoms with van der Waals surface area (Å²) in [5.74, 6) is 0.704. The minimum Gasteiger partial charge on any atom is -0.350 e. The second-order valence-corrected chi connectivity index (χ2v) is 8.69. The van der Waals surface area contributed by atoms with E-state index in [-0.39, 0.29) is 5.91 Å². The number of carbonyl (C=O) groups excluding carboxylic acids is 1. The quantitative estimate of drug-likeness (QED) is 0.528. The van der Waals surface area contributed by atoms with E-state index in [1.165, 1.54) is 22.5 Å². The van der Waals surface area contributed by atoms with Gasteiger partial charge in [0.2, 0.25) is 5.95 Å². The lowest BCUT2D eigenvalue weighted by molar-refractivity contribution is 0.0741. The minimum absolute atomic E-state index is 0.109. The zero-order valence-corrected chi connectivity index (χ0v) is 17.6. The van der Waals surface area contributed by atoms with Crippen LogP contribution < -0.4 is 10.6 Å². The van der Waals surface area contributed by atoms with Crippen LogP contribution in [0.5, 0.6) is 0 Å². The molecular formula is C23H23N5OS. The molecule has 3 heterocycles. The third-order valence-corrected chi connectivity index (χ3v) is 6.48. The zero-order valence-electron chi connectivity index (χ0n) is 16.8. The van der Waals surface area contributed by atoms with E-state index in [1.54, 1.807) is 0 Å². The Kier molecular flexibility index (Phi) is 5.06. The summed E-state index contributed by atoms with van der Waals surface area (Å²) >= 11 is 1.54. The van der Waals surface area contributed by atoms with Crippen LogP contribution in [0.15, 0.2) is 48.7 Å². The van der Waals surface area contributed by atoms with Crippen LogP contribution >= 0.6 is 11.3 Å². The molecule has 30 heavy (non-hydrogen) atoms. The topological polar surface area (TPSA) is 70.2 Å². The Hall–Kier alpha value is -3.03. The molecule has 2 N–H and O–H groups in total. The van der Waals surface area contributed by atoms with E-state index in [9.17, 15) is 4.79 Å². The molecule has 1 aliphatic rings. The molecule has 5 rings (SSSR count). The molecule has 1 saturated heterocycles. The fourth-order valence-electron chi connectivity index (χ4n) is 3.83. The largest absolute Gasteiger partial charge is 0.350 e. The summed E-state index contributed by atoms with van der Waals surface area (Å²) in [5, 5.41) is 8.60. The third kappa shape index (κ3) is 3.74. The molecule has 1 amide bonds. The van der Waals surface area contributed by atoms with Crippen molar-refractivity contribution in [2.45, 2.75) is 13.5 Å². The Morgan fingerprint density at radius 3 is 2.90 bits per heavy atom. The molecule has 0 atom stereocenters. The van der Waals surface area contributed by atoms with Crippen molar-refractivity contribution in [3.63, 3.8) is 0 Å². The van der Waals surface area contributed by atoms with Crippen molar-refractivity contribution in [1.82, 2.24) is 20.2 Å². The molecule has 0 unspecified atom stereocenters. The number of benzene rings is 2. The highest BCUT2D eigenvalue weighted by Gasteiger charge is 2.20. The summed E-state index contributed by atoms with van der Waals surface area (Å²) in [6, 6.07) is 14.5. The summed E-state index contributed by atoms with van der Waals surface area (Å²) in [4.78, 5) is 24.9. The smallest absolute Gasteiger partial charge is 0.264 e. The number of carbonyl (C=O) groups is 1. The molecule has 7 heteroatoms. The predicted octanol–water partition coefficient (Wildman–Crippen LogP) is 3.81. The van der Waals surface area contributed by atoms with E-state index in [1.807, 2.05) is 23.2 Å². The Balaban J connectivity index is 1.45. The van der Waals surface area contributed by atoms with Crippen molar-refractivity contribution in [2.75, 3.05) is 31.5 Å². The highest BCUT2D eigenvalue weighted by molar-refractivity contribution is 7.21. The second kappa shape index (κ2) is 8.01. The fourth-order valence-corrected chi connectivity index (χ4v) is 4.86. The standard InChI is InChI=1S/C23H23N5OS/c1-15-3-2-4-16(11-15)13-25-23-26-14-17-5-6-19-18(21(17)27-23)12-20(30-19)22(29)28-9-7-24-8-10-28/h2-6,11-12,14,24H,7-10,13H2,1H3,(H,25,26,27). The number of rotatable bonds is 4. The number of nitrogens with zero attached hydrogens (tertiary/aromatic N) is 3. The number of fused-ring (bicyclic) bond motifs is 3. The molecular weight excluding hydrogens is 394 g/mol. The van der Waals surface area contributed by atoms with Crippen molar-refractivity contribution < 1.29 is 4.79 Å². The number of aryl methyl sites for hydroxylation is 1. The first kappa shape index (κ1) is 19.0. The molecule has 4 aromatic rings. The molecule has 0 bridgehead atoms. The molecule has 0 aliphatic carbocycles. The van der Waals surface area contributed by atoms with Gasteiger partial charge in [-0.25, -0.2) is 9.97 Å². The molecule has 152 valence electrons. The Labute approximate surface area is 179 Å². The van der Waals surface area contributed by atoms with Crippen LogP contribution in [0.4, 0.5) is 5.95 Å². The van der Waals surface area contributed by atoms with Crippen molar-refractivity contribution in [1.29, 1.82) is 0 Å². The minimum atomic E-state index is 0.109. The van der Waals surface area contributed by atoms with Crippen LogP contribution in [0.3, 0.4) is 0 Å². The van der Waals surface area contributed by atoms with Gasteiger partial charge in [0.15, 0.2) is 0 Å². The summed E-state index contributed by atoms with van der Waals surface area (Å²) in [5.41, 5.74) is 3.30. The molecule has 2 aromatic heterocycles. The lowest BCUT2D eigenvalue weighted by Gasteiger charge is -2.26. The number of hydrogen-bond donors (Lipinski definition) is 2. The molecule has 6 nitrogen and oxygen atoms in total. The van der Waals surface area contributed by atoms with E-state index in [0.717, 1.165) is 52.0 Å². The number of hydrogen-bond acceptors (Lipinski definition) is 6. The van der Waals surface area contributed by atoms with Crippen LogP contribution in [0.2, 0.25) is 0 Å². The average molecular weight is 418 g/mol. The number of nitrogens with one attached hydrogen (secondary N) is 2. The first-order chi connectivity index (χ1) is 14.7. The van der Waals surface area contributed by atoms with Crippen LogP contribution in [0.25, 0.3) is 21.0 Å². The summed E-state index contributed by atoms with van der Waals surface area (Å²) in [6.07, 6.45) is 1.84. The maximum atomic E-state index is 12.9. The van der Waals surface area contributed by atoms with E-state index >= 15 is 0 Å². The maximum absolute atomic E-state index is 12.9. The van der Waals surface area contributed by atoms with Gasteiger partial charge in [0, 0.05) is 54.4 Å². The Bertz CT molecular complexity index is 1230. The monoisotopic (exact) mass is 417 g/mol. The molecule has 1 aliphatic heterocycles.